The van der Waals surface area contributed by atoms with Crippen molar-refractivity contribution in [1.82, 2.24) is 10.6 Å². The van der Waals surface area contributed by atoms with Gasteiger partial charge in [0.2, 0.25) is 17.6 Å². The highest BCUT2D eigenvalue weighted by molar-refractivity contribution is 5.86. The maximum Gasteiger partial charge on any atom is 0.239 e. The molecule has 0 saturated heterocycles. The van der Waals surface area contributed by atoms with Gasteiger partial charge in [-0.3, -0.25) is 9.59 Å². The third kappa shape index (κ3) is 4.35. The molecule has 0 heterocycles. The summed E-state index contributed by atoms with van der Waals surface area (Å²) in [7, 11) is 4.57. The molecule has 0 bridgehead atoms. The Bertz CT molecular complexity index is 1010. The Kier molecular flexibility index (Phi) is 7.22. The number of aliphatic hydroxyl groups is 1. The van der Waals surface area contributed by atoms with Crippen LogP contribution in [0.5, 0.6) is 17.2 Å². The van der Waals surface area contributed by atoms with Gasteiger partial charge in [-0.15, -0.1) is 0 Å². The average Bonchev–Trinajstić information content (AvgIpc) is 2.91. The van der Waals surface area contributed by atoms with Crippen LogP contribution in [0.25, 0.3) is 11.1 Å². The van der Waals surface area contributed by atoms with Crippen molar-refractivity contribution in [2.45, 2.75) is 31.5 Å². The number of methoxy groups -OCH3 is 3. The fourth-order valence-electron chi connectivity index (χ4n) is 4.13. The van der Waals surface area contributed by atoms with Crippen LogP contribution < -0.4 is 30.6 Å². The van der Waals surface area contributed by atoms with E-state index in [2.05, 4.69) is 10.6 Å². The lowest BCUT2D eigenvalue weighted by Gasteiger charge is -2.26. The molecule has 2 aromatic rings. The molecule has 172 valence electrons. The van der Waals surface area contributed by atoms with Gasteiger partial charge in [0.25, 0.3) is 0 Å². The van der Waals surface area contributed by atoms with Gasteiger partial charge in [0.15, 0.2) is 11.5 Å². The summed E-state index contributed by atoms with van der Waals surface area (Å²) in [6.07, 6.45) is 0.353. The Morgan fingerprint density at radius 1 is 1.06 bits per heavy atom. The normalized spacial score (nSPS) is 17.8. The molecule has 9 nitrogen and oxygen atoms in total. The number of ether oxygens (including phenoxy) is 3. The van der Waals surface area contributed by atoms with Crippen LogP contribution in [0, 0.1) is 0 Å². The largest absolute Gasteiger partial charge is 0.493 e. The van der Waals surface area contributed by atoms with Crippen molar-refractivity contribution < 1.29 is 28.9 Å². The van der Waals surface area contributed by atoms with E-state index in [-0.39, 0.29) is 5.91 Å². The first-order valence-corrected chi connectivity index (χ1v) is 10.2. The van der Waals surface area contributed by atoms with Crippen LogP contribution in [-0.2, 0) is 9.59 Å². The molecule has 1 unspecified atom stereocenters. The number of hydrogen-bond acceptors (Lipinski definition) is 7. The quantitative estimate of drug-likeness (QED) is 0.509. The number of nitrogens with two attached hydrogens (primary N) is 1. The molecule has 0 aromatic heterocycles. The van der Waals surface area contributed by atoms with E-state index in [0.29, 0.717) is 23.7 Å². The third-order valence-corrected chi connectivity index (χ3v) is 5.54. The van der Waals surface area contributed by atoms with Crippen LogP contribution in [0.3, 0.4) is 0 Å². The van der Waals surface area contributed by atoms with Gasteiger partial charge >= 0.3 is 0 Å². The van der Waals surface area contributed by atoms with E-state index >= 15 is 0 Å². The lowest BCUT2D eigenvalue weighted by Crippen LogP contribution is -2.45. The second kappa shape index (κ2) is 9.88. The Labute approximate surface area is 186 Å². The third-order valence-electron chi connectivity index (χ3n) is 5.54. The van der Waals surface area contributed by atoms with Crippen molar-refractivity contribution in [3.8, 4) is 28.4 Å². The zero-order valence-corrected chi connectivity index (χ0v) is 18.6. The molecule has 0 radical (unpaired) electrons. The van der Waals surface area contributed by atoms with Crippen molar-refractivity contribution in [2.75, 3.05) is 27.9 Å². The van der Waals surface area contributed by atoms with Crippen molar-refractivity contribution >= 4 is 11.8 Å². The predicted molar refractivity (Wildman–Crippen MR) is 119 cm³/mol. The van der Waals surface area contributed by atoms with Gasteiger partial charge in [-0.2, -0.15) is 0 Å². The summed E-state index contributed by atoms with van der Waals surface area (Å²) >= 11 is 0. The molecule has 2 aromatic carbocycles. The maximum absolute atomic E-state index is 12.6. The van der Waals surface area contributed by atoms with Crippen LogP contribution >= 0.6 is 0 Å². The van der Waals surface area contributed by atoms with E-state index in [9.17, 15) is 14.7 Å². The summed E-state index contributed by atoms with van der Waals surface area (Å²) in [6, 6.07) is 7.40. The Morgan fingerprint density at radius 3 is 2.31 bits per heavy atom. The van der Waals surface area contributed by atoms with Crippen LogP contribution in [0.15, 0.2) is 30.3 Å². The van der Waals surface area contributed by atoms with Gasteiger partial charge in [-0.1, -0.05) is 24.3 Å². The molecule has 2 amide bonds. The zero-order valence-electron chi connectivity index (χ0n) is 18.6. The minimum Gasteiger partial charge on any atom is -0.493 e. The van der Waals surface area contributed by atoms with E-state index in [1.165, 1.54) is 28.3 Å². The molecule has 0 fully saturated rings. The second-order valence-corrected chi connectivity index (χ2v) is 7.54. The Balaban J connectivity index is 2.31. The van der Waals surface area contributed by atoms with Crippen LogP contribution in [0.1, 0.15) is 36.6 Å². The van der Waals surface area contributed by atoms with Crippen molar-refractivity contribution in [3.05, 3.63) is 41.5 Å². The molecule has 9 heteroatoms. The first-order valence-electron chi connectivity index (χ1n) is 10.2. The molecule has 3 atom stereocenters. The highest BCUT2D eigenvalue weighted by atomic mass is 16.5. The van der Waals surface area contributed by atoms with Gasteiger partial charge in [0.05, 0.1) is 40.0 Å². The number of amides is 2. The molecule has 5 N–H and O–H groups in total. The van der Waals surface area contributed by atoms with E-state index in [4.69, 9.17) is 19.9 Å². The smallest absolute Gasteiger partial charge is 0.239 e. The Hall–Kier alpha value is -3.30. The molecular formula is C23H29N3O6. The molecule has 1 aliphatic rings. The standard InChI is InChI=1S/C23H29N3O6/c1-12(28)25-17-10-18(26-23(29)16(24)11-27)15-9-19(30-2)21(31-3)22(32-4)20(15)14-8-6-5-7-13(14)17/h5-9,16-18,27H,10-11,24H2,1-4H3,(H,25,28)(H,26,29)/t16-,17-,18?/m0/s1. The highest BCUT2D eigenvalue weighted by Crippen LogP contribution is 2.52. The highest BCUT2D eigenvalue weighted by Gasteiger charge is 2.35. The van der Waals surface area contributed by atoms with Crippen LogP contribution in [0.2, 0.25) is 0 Å². The summed E-state index contributed by atoms with van der Waals surface area (Å²) < 4.78 is 16.9. The Morgan fingerprint density at radius 2 is 1.72 bits per heavy atom. The first-order chi connectivity index (χ1) is 15.4. The minimum atomic E-state index is -1.08. The molecule has 0 saturated carbocycles. The molecule has 3 rings (SSSR count). The fraction of sp³-hybridized carbons (Fsp3) is 0.391. The van der Waals surface area contributed by atoms with Gasteiger partial charge in [-0.05, 0) is 29.2 Å². The van der Waals surface area contributed by atoms with E-state index in [1.807, 2.05) is 24.3 Å². The minimum absolute atomic E-state index is 0.199. The second-order valence-electron chi connectivity index (χ2n) is 7.54. The summed E-state index contributed by atoms with van der Waals surface area (Å²) in [5.41, 5.74) is 8.90. The summed E-state index contributed by atoms with van der Waals surface area (Å²) in [4.78, 5) is 24.6. The van der Waals surface area contributed by atoms with Crippen molar-refractivity contribution in [2.24, 2.45) is 5.73 Å². The number of carbonyl (C=O) groups excluding carboxylic acids is 2. The lowest BCUT2D eigenvalue weighted by molar-refractivity contribution is -0.124. The lowest BCUT2D eigenvalue weighted by atomic mass is 9.93. The van der Waals surface area contributed by atoms with Crippen LogP contribution in [0.4, 0.5) is 0 Å². The maximum atomic E-state index is 12.6. The van der Waals surface area contributed by atoms with E-state index in [0.717, 1.165) is 22.3 Å². The molecular weight excluding hydrogens is 414 g/mol. The van der Waals surface area contributed by atoms with Gasteiger partial charge in [0.1, 0.15) is 6.04 Å². The van der Waals surface area contributed by atoms with Gasteiger partial charge < -0.3 is 35.7 Å². The summed E-state index contributed by atoms with van der Waals surface area (Å²) in [6.45, 7) is 0.957. The summed E-state index contributed by atoms with van der Waals surface area (Å²) in [5.74, 6) is 0.589. The van der Waals surface area contributed by atoms with E-state index < -0.39 is 30.6 Å². The SMILES string of the molecule is COc1cc2c(c(OC)c1OC)-c1ccccc1[C@@H](NC(C)=O)CC2NC(=O)[C@@H](N)CO. The molecule has 0 aliphatic heterocycles. The van der Waals surface area contributed by atoms with Crippen molar-refractivity contribution in [1.29, 1.82) is 0 Å². The van der Waals surface area contributed by atoms with Gasteiger partial charge in [0, 0.05) is 12.5 Å². The topological polar surface area (TPSA) is 132 Å². The van der Waals surface area contributed by atoms with Crippen LogP contribution in [-0.4, -0.2) is 50.9 Å². The predicted octanol–water partition coefficient (Wildman–Crippen LogP) is 1.44. The van der Waals surface area contributed by atoms with Crippen molar-refractivity contribution in [3.63, 3.8) is 0 Å². The molecule has 0 spiro atoms. The number of hydrogen-bond donors (Lipinski definition) is 4. The number of carbonyl (C=O) groups is 2. The monoisotopic (exact) mass is 443 g/mol. The van der Waals surface area contributed by atoms with E-state index in [1.54, 1.807) is 6.07 Å². The number of rotatable bonds is 7. The fourth-order valence-corrected chi connectivity index (χ4v) is 4.13. The average molecular weight is 444 g/mol. The first kappa shape index (κ1) is 23.4. The molecule has 1 aliphatic carbocycles. The number of aliphatic hydroxyl groups excluding tert-OH is 1. The van der Waals surface area contributed by atoms with Gasteiger partial charge in [-0.25, -0.2) is 0 Å². The molecule has 32 heavy (non-hydrogen) atoms. The zero-order chi connectivity index (χ0) is 23.4. The number of fused-ring (bicyclic) bond motifs is 3. The summed E-state index contributed by atoms with van der Waals surface area (Å²) in [5, 5.41) is 15.2. The number of nitrogens with one attached hydrogen (secondary N) is 2. The number of benzene rings is 2.